The van der Waals surface area contributed by atoms with E-state index >= 15 is 0 Å². The Bertz CT molecular complexity index is 392. The number of aromatic nitrogens is 1. The summed E-state index contributed by atoms with van der Waals surface area (Å²) >= 11 is 0. The van der Waals surface area contributed by atoms with Crippen LogP contribution in [0, 0.1) is 5.92 Å². The van der Waals surface area contributed by atoms with Gasteiger partial charge >= 0.3 is 0 Å². The van der Waals surface area contributed by atoms with Crippen molar-refractivity contribution in [3.63, 3.8) is 0 Å². The summed E-state index contributed by atoms with van der Waals surface area (Å²) in [5.41, 5.74) is 0.967. The van der Waals surface area contributed by atoms with Gasteiger partial charge in [-0.05, 0) is 12.0 Å². The maximum absolute atomic E-state index is 11.7. The van der Waals surface area contributed by atoms with E-state index in [0.717, 1.165) is 11.5 Å². The molecule has 100 valence electrons. The van der Waals surface area contributed by atoms with E-state index < -0.39 is 0 Å². The molecule has 2 N–H and O–H groups in total. The maximum Gasteiger partial charge on any atom is 0.239 e. The van der Waals surface area contributed by atoms with Crippen LogP contribution >= 0.6 is 0 Å². The van der Waals surface area contributed by atoms with Crippen LogP contribution < -0.4 is 15.5 Å². The van der Waals surface area contributed by atoms with Crippen molar-refractivity contribution >= 4 is 17.4 Å². The fraction of sp³-hybridized carbons (Fsp3) is 0.538. The number of anilines is 2. The van der Waals surface area contributed by atoms with Crippen LogP contribution in [0.25, 0.3) is 0 Å². The zero-order valence-electron chi connectivity index (χ0n) is 11.5. The van der Waals surface area contributed by atoms with Gasteiger partial charge in [-0.3, -0.25) is 4.79 Å². The van der Waals surface area contributed by atoms with Gasteiger partial charge in [0.05, 0.1) is 6.54 Å². The topological polar surface area (TPSA) is 57.3 Å². The Kier molecular flexibility index (Phi) is 5.42. The highest BCUT2D eigenvalue weighted by Crippen LogP contribution is 2.14. The number of hydrogen-bond donors (Lipinski definition) is 2. The van der Waals surface area contributed by atoms with Gasteiger partial charge in [-0.25, -0.2) is 4.98 Å². The molecule has 0 aliphatic carbocycles. The Morgan fingerprint density at radius 2 is 2.22 bits per heavy atom. The van der Waals surface area contributed by atoms with Crippen molar-refractivity contribution in [2.75, 3.05) is 37.4 Å². The maximum atomic E-state index is 11.7. The molecule has 0 bridgehead atoms. The third-order valence-corrected chi connectivity index (χ3v) is 2.53. The lowest BCUT2D eigenvalue weighted by atomic mass is 10.2. The van der Waals surface area contributed by atoms with Crippen LogP contribution in [0.2, 0.25) is 0 Å². The van der Waals surface area contributed by atoms with Crippen molar-refractivity contribution in [3.8, 4) is 0 Å². The molecule has 0 aliphatic rings. The number of nitrogens with zero attached hydrogens (tertiary/aromatic N) is 2. The van der Waals surface area contributed by atoms with Gasteiger partial charge in [0.2, 0.25) is 5.91 Å². The van der Waals surface area contributed by atoms with E-state index in [1.54, 1.807) is 6.20 Å². The molecule has 1 amide bonds. The minimum Gasteiger partial charge on any atom is -0.373 e. The molecule has 0 aromatic carbocycles. The average Bonchev–Trinajstić information content (AvgIpc) is 2.36. The Balaban J connectivity index is 2.53. The van der Waals surface area contributed by atoms with Crippen molar-refractivity contribution in [3.05, 3.63) is 18.3 Å². The lowest BCUT2D eigenvalue weighted by molar-refractivity contribution is -0.119. The smallest absolute Gasteiger partial charge is 0.239 e. The number of carbonyl (C=O) groups excluding carboxylic acids is 1. The molecule has 1 rings (SSSR count). The number of hydrogen-bond acceptors (Lipinski definition) is 4. The number of amides is 1. The molecule has 0 saturated carbocycles. The normalized spacial score (nSPS) is 10.3. The van der Waals surface area contributed by atoms with Gasteiger partial charge in [-0.15, -0.1) is 0 Å². The Morgan fingerprint density at radius 1 is 1.50 bits per heavy atom. The molecule has 0 atom stereocenters. The van der Waals surface area contributed by atoms with Gasteiger partial charge in [-0.1, -0.05) is 13.8 Å². The van der Waals surface area contributed by atoms with Gasteiger partial charge in [-0.2, -0.15) is 0 Å². The predicted octanol–water partition coefficient (Wildman–Crippen LogP) is 1.33. The summed E-state index contributed by atoms with van der Waals surface area (Å²) in [7, 11) is 3.71. The first-order valence-electron chi connectivity index (χ1n) is 6.14. The van der Waals surface area contributed by atoms with E-state index in [4.69, 9.17) is 0 Å². The van der Waals surface area contributed by atoms with Gasteiger partial charge in [0, 0.05) is 38.6 Å². The van der Waals surface area contributed by atoms with Crippen LogP contribution in [0.5, 0.6) is 0 Å². The Morgan fingerprint density at radius 3 is 2.83 bits per heavy atom. The standard InChI is InChI=1S/C13H22N4O/c1-10(2)8-16-13(18)9-17(4)11-5-6-15-12(7-11)14-3/h5-7,10H,8-9H2,1-4H3,(H,14,15)(H,16,18). The molecule has 0 spiro atoms. The van der Waals surface area contributed by atoms with Crippen LogP contribution in [-0.4, -0.2) is 38.1 Å². The first kappa shape index (κ1) is 14.3. The van der Waals surface area contributed by atoms with Gasteiger partial charge in [0.1, 0.15) is 5.82 Å². The van der Waals surface area contributed by atoms with Crippen LogP contribution in [0.1, 0.15) is 13.8 Å². The van der Waals surface area contributed by atoms with Crippen LogP contribution in [-0.2, 0) is 4.79 Å². The van der Waals surface area contributed by atoms with Crippen molar-refractivity contribution in [2.24, 2.45) is 5.92 Å². The second-order valence-corrected chi connectivity index (χ2v) is 4.70. The lowest BCUT2D eigenvalue weighted by Gasteiger charge is -2.19. The lowest BCUT2D eigenvalue weighted by Crippen LogP contribution is -2.36. The summed E-state index contributed by atoms with van der Waals surface area (Å²) in [5.74, 6) is 1.30. The van der Waals surface area contributed by atoms with E-state index in [2.05, 4.69) is 29.5 Å². The van der Waals surface area contributed by atoms with E-state index in [9.17, 15) is 4.79 Å². The fourth-order valence-electron chi connectivity index (χ4n) is 1.47. The second kappa shape index (κ2) is 6.83. The zero-order valence-corrected chi connectivity index (χ0v) is 11.5. The highest BCUT2D eigenvalue weighted by Gasteiger charge is 2.08. The van der Waals surface area contributed by atoms with Gasteiger partial charge < -0.3 is 15.5 Å². The largest absolute Gasteiger partial charge is 0.373 e. The molecule has 0 saturated heterocycles. The minimum absolute atomic E-state index is 0.0361. The molecule has 5 heteroatoms. The summed E-state index contributed by atoms with van der Waals surface area (Å²) in [6.07, 6.45) is 1.73. The van der Waals surface area contributed by atoms with Gasteiger partial charge in [0.15, 0.2) is 0 Å². The fourth-order valence-corrected chi connectivity index (χ4v) is 1.47. The van der Waals surface area contributed by atoms with E-state index in [1.165, 1.54) is 0 Å². The van der Waals surface area contributed by atoms with Gasteiger partial charge in [0.25, 0.3) is 0 Å². The third-order valence-electron chi connectivity index (χ3n) is 2.53. The molecule has 5 nitrogen and oxygen atoms in total. The number of rotatable bonds is 6. The third kappa shape index (κ3) is 4.61. The number of nitrogens with one attached hydrogen (secondary N) is 2. The van der Waals surface area contributed by atoms with Crippen molar-refractivity contribution < 1.29 is 4.79 Å². The monoisotopic (exact) mass is 250 g/mol. The second-order valence-electron chi connectivity index (χ2n) is 4.70. The van der Waals surface area contributed by atoms with Crippen LogP contribution in [0.4, 0.5) is 11.5 Å². The summed E-state index contributed by atoms with van der Waals surface area (Å²) in [5, 5.41) is 5.88. The SMILES string of the molecule is CNc1cc(N(C)CC(=O)NCC(C)C)ccn1. The summed E-state index contributed by atoms with van der Waals surface area (Å²) in [4.78, 5) is 17.7. The molecular weight excluding hydrogens is 228 g/mol. The highest BCUT2D eigenvalue weighted by atomic mass is 16.2. The molecule has 1 aromatic heterocycles. The molecule has 18 heavy (non-hydrogen) atoms. The molecule has 1 heterocycles. The molecule has 0 unspecified atom stereocenters. The highest BCUT2D eigenvalue weighted by molar-refractivity contribution is 5.81. The van der Waals surface area contributed by atoms with E-state index in [0.29, 0.717) is 19.0 Å². The minimum atomic E-state index is 0.0361. The molecule has 0 radical (unpaired) electrons. The Labute approximate surface area is 109 Å². The summed E-state index contributed by atoms with van der Waals surface area (Å²) < 4.78 is 0. The van der Waals surface area contributed by atoms with Crippen LogP contribution in [0.3, 0.4) is 0 Å². The quantitative estimate of drug-likeness (QED) is 0.800. The first-order chi connectivity index (χ1) is 8.52. The zero-order chi connectivity index (χ0) is 13.5. The molecule has 0 aliphatic heterocycles. The molecule has 0 fully saturated rings. The first-order valence-corrected chi connectivity index (χ1v) is 6.14. The van der Waals surface area contributed by atoms with Crippen molar-refractivity contribution in [1.82, 2.24) is 10.3 Å². The summed E-state index contributed by atoms with van der Waals surface area (Å²) in [6.45, 7) is 5.21. The molecular formula is C13H22N4O. The number of pyridine rings is 1. The van der Waals surface area contributed by atoms with E-state index in [1.807, 2.05) is 31.1 Å². The van der Waals surface area contributed by atoms with Crippen molar-refractivity contribution in [2.45, 2.75) is 13.8 Å². The number of likely N-dealkylation sites (N-methyl/N-ethyl adjacent to an activating group) is 1. The Hall–Kier alpha value is -1.78. The predicted molar refractivity (Wildman–Crippen MR) is 74.9 cm³/mol. The molecule has 1 aromatic rings. The number of carbonyl (C=O) groups is 1. The average molecular weight is 250 g/mol. The van der Waals surface area contributed by atoms with Crippen LogP contribution in [0.15, 0.2) is 18.3 Å². The van der Waals surface area contributed by atoms with E-state index in [-0.39, 0.29) is 5.91 Å². The van der Waals surface area contributed by atoms with Crippen molar-refractivity contribution in [1.29, 1.82) is 0 Å². The summed E-state index contributed by atoms with van der Waals surface area (Å²) in [6, 6.07) is 3.80.